The molecule has 3 nitrogen and oxygen atoms in total. The van der Waals surface area contributed by atoms with Crippen molar-refractivity contribution < 1.29 is 4.79 Å². The largest absolute Gasteiger partial charge is 0.331 e. The molecule has 0 bridgehead atoms. The van der Waals surface area contributed by atoms with Gasteiger partial charge in [-0.3, -0.25) is 4.79 Å². The van der Waals surface area contributed by atoms with Crippen LogP contribution in [-0.2, 0) is 4.79 Å². The topological polar surface area (TPSA) is 46.3 Å². The van der Waals surface area contributed by atoms with E-state index in [0.717, 1.165) is 30.6 Å². The van der Waals surface area contributed by atoms with Crippen molar-refractivity contribution in [3.8, 4) is 0 Å². The lowest BCUT2D eigenvalue weighted by Crippen LogP contribution is -2.45. The molecular formula is C20H26N2O. The van der Waals surface area contributed by atoms with Crippen LogP contribution in [0.3, 0.4) is 0 Å². The minimum absolute atomic E-state index is 0.0890. The summed E-state index contributed by atoms with van der Waals surface area (Å²) >= 11 is 0. The number of para-hydroxylation sites is 2. The molecule has 2 atom stereocenters. The van der Waals surface area contributed by atoms with E-state index in [-0.39, 0.29) is 11.8 Å². The smallest absolute Gasteiger partial charge is 0.171 e. The number of benzene rings is 2. The van der Waals surface area contributed by atoms with Crippen LogP contribution in [-0.4, -0.2) is 17.9 Å². The second-order valence-corrected chi connectivity index (χ2v) is 5.87. The third-order valence-electron chi connectivity index (χ3n) is 4.10. The van der Waals surface area contributed by atoms with Gasteiger partial charge in [0.1, 0.15) is 0 Å². The van der Waals surface area contributed by atoms with Crippen molar-refractivity contribution >= 4 is 17.2 Å². The van der Waals surface area contributed by atoms with Crippen molar-refractivity contribution in [3.63, 3.8) is 0 Å². The molecule has 0 aliphatic rings. The first kappa shape index (κ1) is 17.2. The number of Topliss-reactive ketones (excluding diaryl/α,β-unsaturated/α-hetero) is 1. The van der Waals surface area contributed by atoms with Gasteiger partial charge in [-0.05, 0) is 37.6 Å². The summed E-state index contributed by atoms with van der Waals surface area (Å²) in [6, 6.07) is 19.3. The van der Waals surface area contributed by atoms with E-state index in [0.29, 0.717) is 0 Å². The summed E-state index contributed by atoms with van der Waals surface area (Å²) in [6.45, 7) is 4.05. The van der Waals surface area contributed by atoms with Gasteiger partial charge >= 0.3 is 0 Å². The molecule has 0 saturated heterocycles. The molecule has 2 aromatic rings. The summed E-state index contributed by atoms with van der Waals surface area (Å²) in [7, 11) is 0. The van der Waals surface area contributed by atoms with E-state index in [9.17, 15) is 4.79 Å². The highest BCUT2D eigenvalue weighted by atomic mass is 16.1. The van der Waals surface area contributed by atoms with E-state index in [1.165, 1.54) is 0 Å². The zero-order chi connectivity index (χ0) is 16.7. The van der Waals surface area contributed by atoms with Crippen molar-refractivity contribution in [1.29, 1.82) is 0 Å². The Balaban J connectivity index is 2.29. The van der Waals surface area contributed by atoms with Crippen molar-refractivity contribution in [1.82, 2.24) is 0 Å². The van der Waals surface area contributed by atoms with Crippen molar-refractivity contribution in [2.24, 2.45) is 5.73 Å². The van der Waals surface area contributed by atoms with E-state index in [1.54, 1.807) is 0 Å². The van der Waals surface area contributed by atoms with Crippen LogP contribution in [0.4, 0.5) is 11.4 Å². The molecule has 0 aromatic heterocycles. The molecule has 0 heterocycles. The molecular weight excluding hydrogens is 284 g/mol. The van der Waals surface area contributed by atoms with Gasteiger partial charge in [-0.15, -0.1) is 0 Å². The lowest BCUT2D eigenvalue weighted by atomic mass is 9.99. The van der Waals surface area contributed by atoms with Crippen molar-refractivity contribution in [2.45, 2.75) is 45.2 Å². The summed E-state index contributed by atoms with van der Waals surface area (Å²) in [6.07, 6.45) is 2.78. The van der Waals surface area contributed by atoms with Crippen LogP contribution in [0.15, 0.2) is 60.7 Å². The highest BCUT2D eigenvalue weighted by molar-refractivity contribution is 5.93. The number of nitrogens with two attached hydrogens (primary N) is 1. The van der Waals surface area contributed by atoms with Crippen LogP contribution in [0.1, 0.15) is 33.1 Å². The molecule has 0 saturated carbocycles. The maximum atomic E-state index is 12.8. The summed E-state index contributed by atoms with van der Waals surface area (Å²) in [4.78, 5) is 14.8. The Bertz CT molecular complexity index is 558. The van der Waals surface area contributed by atoms with Crippen LogP contribution in [0.25, 0.3) is 0 Å². The summed E-state index contributed by atoms with van der Waals surface area (Å²) < 4.78 is 0. The molecule has 2 aromatic carbocycles. The van der Waals surface area contributed by atoms with Gasteiger partial charge in [-0.2, -0.15) is 0 Å². The van der Waals surface area contributed by atoms with Gasteiger partial charge in [-0.25, -0.2) is 0 Å². The lowest BCUT2D eigenvalue weighted by molar-refractivity contribution is -0.121. The molecule has 2 rings (SSSR count). The Kier molecular flexibility index (Phi) is 6.36. The molecule has 23 heavy (non-hydrogen) atoms. The number of rotatable bonds is 8. The average molecular weight is 310 g/mol. The normalized spacial score (nSPS) is 13.3. The van der Waals surface area contributed by atoms with Gasteiger partial charge in [0.15, 0.2) is 5.78 Å². The first-order valence-electron chi connectivity index (χ1n) is 8.33. The van der Waals surface area contributed by atoms with Gasteiger partial charge in [0, 0.05) is 11.4 Å². The van der Waals surface area contributed by atoms with Crippen LogP contribution in [0, 0.1) is 0 Å². The second kappa shape index (κ2) is 8.49. The average Bonchev–Trinajstić information content (AvgIpc) is 2.61. The molecule has 0 radical (unpaired) electrons. The maximum absolute atomic E-state index is 12.8. The SMILES string of the molecule is CCCCC(N)C(=O)C(C)N(c1ccccc1)c1ccccc1. The van der Waals surface area contributed by atoms with E-state index in [4.69, 9.17) is 5.73 Å². The molecule has 0 amide bonds. The number of hydrogen-bond donors (Lipinski definition) is 1. The summed E-state index contributed by atoms with van der Waals surface area (Å²) in [5.41, 5.74) is 8.13. The third kappa shape index (κ3) is 4.42. The number of hydrogen-bond acceptors (Lipinski definition) is 3. The van der Waals surface area contributed by atoms with E-state index in [2.05, 4.69) is 11.8 Å². The Morgan fingerprint density at radius 2 is 1.48 bits per heavy atom. The highest BCUT2D eigenvalue weighted by Gasteiger charge is 2.27. The Morgan fingerprint density at radius 1 is 1.00 bits per heavy atom. The second-order valence-electron chi connectivity index (χ2n) is 5.87. The predicted octanol–water partition coefficient (Wildman–Crippen LogP) is 4.30. The fourth-order valence-electron chi connectivity index (χ4n) is 2.78. The van der Waals surface area contributed by atoms with Gasteiger partial charge in [0.05, 0.1) is 12.1 Å². The number of carbonyl (C=O) groups excluding carboxylic acids is 1. The van der Waals surface area contributed by atoms with E-state index in [1.807, 2.05) is 67.6 Å². The van der Waals surface area contributed by atoms with E-state index < -0.39 is 6.04 Å². The number of nitrogens with zero attached hydrogens (tertiary/aromatic N) is 1. The minimum atomic E-state index is -0.403. The zero-order valence-electron chi connectivity index (χ0n) is 14.0. The fourth-order valence-corrected chi connectivity index (χ4v) is 2.78. The number of carbonyl (C=O) groups is 1. The standard InChI is InChI=1S/C20H26N2O/c1-3-4-15-19(21)20(23)16(2)22(17-11-7-5-8-12-17)18-13-9-6-10-14-18/h5-14,16,19H,3-4,15,21H2,1-2H3. The van der Waals surface area contributed by atoms with Gasteiger partial charge in [-0.1, -0.05) is 56.2 Å². The lowest BCUT2D eigenvalue weighted by Gasteiger charge is -2.32. The highest BCUT2D eigenvalue weighted by Crippen LogP contribution is 2.28. The molecule has 3 heteroatoms. The van der Waals surface area contributed by atoms with Crippen LogP contribution in [0.2, 0.25) is 0 Å². The quantitative estimate of drug-likeness (QED) is 0.790. The molecule has 0 aliphatic carbocycles. The van der Waals surface area contributed by atoms with Gasteiger partial charge in [0.25, 0.3) is 0 Å². The molecule has 2 N–H and O–H groups in total. The van der Waals surface area contributed by atoms with Gasteiger partial charge < -0.3 is 10.6 Å². The Morgan fingerprint density at radius 3 is 1.91 bits per heavy atom. The fraction of sp³-hybridized carbons (Fsp3) is 0.350. The minimum Gasteiger partial charge on any atom is -0.331 e. The third-order valence-corrected chi connectivity index (χ3v) is 4.10. The molecule has 2 unspecified atom stereocenters. The summed E-state index contributed by atoms with van der Waals surface area (Å²) in [5, 5.41) is 0. The first-order valence-corrected chi connectivity index (χ1v) is 8.33. The molecule has 0 aliphatic heterocycles. The predicted molar refractivity (Wildman–Crippen MR) is 97.0 cm³/mol. The summed E-state index contributed by atoms with van der Waals surface area (Å²) in [5.74, 6) is 0.0890. The number of unbranched alkanes of at least 4 members (excludes halogenated alkanes) is 1. The number of ketones is 1. The first-order chi connectivity index (χ1) is 11.1. The maximum Gasteiger partial charge on any atom is 0.171 e. The molecule has 0 fully saturated rings. The van der Waals surface area contributed by atoms with Crippen molar-refractivity contribution in [3.05, 3.63) is 60.7 Å². The Labute approximate surface area is 139 Å². The molecule has 0 spiro atoms. The van der Waals surface area contributed by atoms with Crippen LogP contribution in [0.5, 0.6) is 0 Å². The van der Waals surface area contributed by atoms with E-state index >= 15 is 0 Å². The zero-order valence-corrected chi connectivity index (χ0v) is 14.0. The monoisotopic (exact) mass is 310 g/mol. The molecule has 122 valence electrons. The van der Waals surface area contributed by atoms with Crippen LogP contribution < -0.4 is 10.6 Å². The van der Waals surface area contributed by atoms with Crippen molar-refractivity contribution in [2.75, 3.05) is 4.90 Å². The van der Waals surface area contributed by atoms with Gasteiger partial charge in [0.2, 0.25) is 0 Å². The van der Waals surface area contributed by atoms with Crippen LogP contribution >= 0.6 is 0 Å². The number of anilines is 2. The Hall–Kier alpha value is -2.13.